The Morgan fingerprint density at radius 2 is 1.74 bits per heavy atom. The van der Waals surface area contributed by atoms with E-state index in [9.17, 15) is 13.5 Å². The highest BCUT2D eigenvalue weighted by Crippen LogP contribution is 2.09. The van der Waals surface area contributed by atoms with Crippen molar-refractivity contribution in [1.82, 2.24) is 9.80 Å². The highest BCUT2D eigenvalue weighted by Gasteiger charge is 2.23. The van der Waals surface area contributed by atoms with E-state index in [1.165, 1.54) is 0 Å². The van der Waals surface area contributed by atoms with Crippen LogP contribution >= 0.6 is 0 Å². The molecule has 1 saturated heterocycles. The fraction of sp³-hybridized carbons (Fsp3) is 1.00. The lowest BCUT2D eigenvalue weighted by Gasteiger charge is -2.38. The van der Waals surface area contributed by atoms with Crippen LogP contribution in [-0.4, -0.2) is 80.2 Å². The minimum atomic E-state index is -2.87. The van der Waals surface area contributed by atoms with Crippen LogP contribution < -0.4 is 0 Å². The maximum Gasteiger partial charge on any atom is 0.151 e. The molecular weight excluding hydrogens is 264 g/mol. The first-order valence-electron chi connectivity index (χ1n) is 7.30. The maximum atomic E-state index is 11.7. The van der Waals surface area contributed by atoms with E-state index in [2.05, 4.69) is 16.7 Å². The molecule has 1 fully saturated rings. The first kappa shape index (κ1) is 16.9. The number of piperazine rings is 1. The summed E-state index contributed by atoms with van der Waals surface area (Å²) < 4.78 is 23.3. The molecule has 0 aromatic rings. The van der Waals surface area contributed by atoms with Gasteiger partial charge in [0, 0.05) is 44.5 Å². The molecule has 0 bridgehead atoms. The van der Waals surface area contributed by atoms with Crippen molar-refractivity contribution >= 4 is 9.84 Å². The smallest absolute Gasteiger partial charge is 0.151 e. The standard InChI is InChI=1S/C13H28N2O3S/c1-3-10-19(17,18)11-9-14-5-7-15(8-6-14)13(4-2)12-16/h13,16H,3-12H2,1-2H3. The quantitative estimate of drug-likeness (QED) is 0.692. The summed E-state index contributed by atoms with van der Waals surface area (Å²) in [5, 5.41) is 9.28. The predicted octanol–water partition coefficient (Wildman–Crippen LogP) is 0.200. The third-order valence-corrected chi connectivity index (χ3v) is 5.67. The summed E-state index contributed by atoms with van der Waals surface area (Å²) >= 11 is 0. The lowest BCUT2D eigenvalue weighted by molar-refractivity contribution is 0.0660. The van der Waals surface area contributed by atoms with E-state index in [1.54, 1.807) is 0 Å². The molecule has 1 N–H and O–H groups in total. The number of sulfone groups is 1. The van der Waals surface area contributed by atoms with E-state index in [0.29, 0.717) is 18.7 Å². The SMILES string of the molecule is CCCS(=O)(=O)CCN1CCN(C(CC)CO)CC1. The molecule has 1 atom stereocenters. The molecule has 0 saturated carbocycles. The van der Waals surface area contributed by atoms with Crippen molar-refractivity contribution in [3.8, 4) is 0 Å². The van der Waals surface area contributed by atoms with Crippen LogP contribution in [0.15, 0.2) is 0 Å². The van der Waals surface area contributed by atoms with Crippen LogP contribution in [0.5, 0.6) is 0 Å². The van der Waals surface area contributed by atoms with Crippen LogP contribution in [0.4, 0.5) is 0 Å². The average molecular weight is 292 g/mol. The molecule has 1 rings (SSSR count). The summed E-state index contributed by atoms with van der Waals surface area (Å²) in [5.74, 6) is 0.577. The summed E-state index contributed by atoms with van der Waals surface area (Å²) in [6.07, 6.45) is 1.66. The van der Waals surface area contributed by atoms with Crippen LogP contribution in [0, 0.1) is 0 Å². The number of aliphatic hydroxyl groups excluding tert-OH is 1. The normalized spacial score (nSPS) is 20.6. The van der Waals surface area contributed by atoms with Gasteiger partial charge in [-0.1, -0.05) is 13.8 Å². The summed E-state index contributed by atoms with van der Waals surface area (Å²) in [7, 11) is -2.87. The zero-order valence-electron chi connectivity index (χ0n) is 12.2. The van der Waals surface area contributed by atoms with Crippen molar-refractivity contribution in [3.63, 3.8) is 0 Å². The van der Waals surface area contributed by atoms with E-state index < -0.39 is 9.84 Å². The van der Waals surface area contributed by atoms with Crippen molar-refractivity contribution in [2.24, 2.45) is 0 Å². The second kappa shape index (κ2) is 8.19. The fourth-order valence-corrected chi connectivity index (χ4v) is 3.90. The molecule has 1 heterocycles. The highest BCUT2D eigenvalue weighted by molar-refractivity contribution is 7.91. The predicted molar refractivity (Wildman–Crippen MR) is 78.1 cm³/mol. The molecule has 0 spiro atoms. The molecule has 0 amide bonds. The minimum absolute atomic E-state index is 0.210. The Bertz CT molecular complexity index is 334. The Morgan fingerprint density at radius 1 is 1.11 bits per heavy atom. The van der Waals surface area contributed by atoms with Gasteiger partial charge in [-0.2, -0.15) is 0 Å². The number of aliphatic hydroxyl groups is 1. The van der Waals surface area contributed by atoms with E-state index >= 15 is 0 Å². The lowest BCUT2D eigenvalue weighted by Crippen LogP contribution is -2.51. The van der Waals surface area contributed by atoms with Crippen molar-refractivity contribution in [2.75, 3.05) is 50.8 Å². The molecule has 19 heavy (non-hydrogen) atoms. The second-order valence-corrected chi connectivity index (χ2v) is 7.58. The van der Waals surface area contributed by atoms with Crippen molar-refractivity contribution < 1.29 is 13.5 Å². The number of hydrogen-bond acceptors (Lipinski definition) is 5. The zero-order chi connectivity index (χ0) is 14.3. The van der Waals surface area contributed by atoms with Crippen molar-refractivity contribution in [3.05, 3.63) is 0 Å². The van der Waals surface area contributed by atoms with Crippen LogP contribution in [0.2, 0.25) is 0 Å². The van der Waals surface area contributed by atoms with Gasteiger partial charge in [-0.05, 0) is 12.8 Å². The maximum absolute atomic E-state index is 11.7. The van der Waals surface area contributed by atoms with Crippen LogP contribution in [0.1, 0.15) is 26.7 Å². The molecule has 1 aliphatic rings. The molecule has 1 unspecified atom stereocenters. The van der Waals surface area contributed by atoms with E-state index in [-0.39, 0.29) is 18.4 Å². The molecule has 0 aliphatic carbocycles. The molecule has 0 aromatic carbocycles. The number of rotatable bonds is 8. The van der Waals surface area contributed by atoms with Gasteiger partial charge in [-0.3, -0.25) is 9.80 Å². The lowest BCUT2D eigenvalue weighted by atomic mass is 10.1. The highest BCUT2D eigenvalue weighted by atomic mass is 32.2. The minimum Gasteiger partial charge on any atom is -0.395 e. The molecule has 1 aliphatic heterocycles. The van der Waals surface area contributed by atoms with Crippen molar-refractivity contribution in [2.45, 2.75) is 32.7 Å². The Balaban J connectivity index is 2.31. The van der Waals surface area contributed by atoms with Crippen LogP contribution in [0.3, 0.4) is 0 Å². The van der Waals surface area contributed by atoms with Gasteiger partial charge in [0.15, 0.2) is 9.84 Å². The van der Waals surface area contributed by atoms with Gasteiger partial charge in [0.25, 0.3) is 0 Å². The molecular formula is C13H28N2O3S. The van der Waals surface area contributed by atoms with Gasteiger partial charge in [0.05, 0.1) is 12.4 Å². The first-order valence-corrected chi connectivity index (χ1v) is 9.12. The van der Waals surface area contributed by atoms with Crippen LogP contribution in [-0.2, 0) is 9.84 Å². The molecule has 114 valence electrons. The van der Waals surface area contributed by atoms with Gasteiger partial charge in [0.1, 0.15) is 0 Å². The topological polar surface area (TPSA) is 60.9 Å². The van der Waals surface area contributed by atoms with Crippen molar-refractivity contribution in [1.29, 1.82) is 0 Å². The second-order valence-electron chi connectivity index (χ2n) is 5.27. The third kappa shape index (κ3) is 5.77. The Hall–Kier alpha value is -0.170. The first-order chi connectivity index (χ1) is 9.02. The Morgan fingerprint density at radius 3 is 2.21 bits per heavy atom. The van der Waals surface area contributed by atoms with Gasteiger partial charge in [0.2, 0.25) is 0 Å². The average Bonchev–Trinajstić information content (AvgIpc) is 2.39. The Kier molecular flexibility index (Phi) is 7.28. The van der Waals surface area contributed by atoms with Gasteiger partial charge in [-0.25, -0.2) is 8.42 Å². The number of nitrogens with zero attached hydrogens (tertiary/aromatic N) is 2. The number of hydrogen-bond donors (Lipinski definition) is 1. The van der Waals surface area contributed by atoms with E-state index in [1.807, 2.05) is 6.92 Å². The van der Waals surface area contributed by atoms with E-state index in [4.69, 9.17) is 0 Å². The summed E-state index contributed by atoms with van der Waals surface area (Å²) in [5.41, 5.74) is 0. The van der Waals surface area contributed by atoms with Gasteiger partial charge >= 0.3 is 0 Å². The Labute approximate surface area is 117 Å². The van der Waals surface area contributed by atoms with Gasteiger partial charge < -0.3 is 5.11 Å². The van der Waals surface area contributed by atoms with Crippen LogP contribution in [0.25, 0.3) is 0 Å². The zero-order valence-corrected chi connectivity index (χ0v) is 13.0. The summed E-state index contributed by atoms with van der Waals surface area (Å²) in [4.78, 5) is 4.52. The monoisotopic (exact) mass is 292 g/mol. The largest absolute Gasteiger partial charge is 0.395 e. The van der Waals surface area contributed by atoms with Gasteiger partial charge in [-0.15, -0.1) is 0 Å². The summed E-state index contributed by atoms with van der Waals surface area (Å²) in [6, 6.07) is 0.256. The molecule has 0 radical (unpaired) electrons. The molecule has 5 nitrogen and oxygen atoms in total. The van der Waals surface area contributed by atoms with E-state index in [0.717, 1.165) is 32.6 Å². The fourth-order valence-electron chi connectivity index (χ4n) is 2.54. The third-order valence-electron chi connectivity index (χ3n) is 3.84. The molecule has 0 aromatic heterocycles. The molecule has 6 heteroatoms. The summed E-state index contributed by atoms with van der Waals surface area (Å²) in [6.45, 7) is 8.49.